The van der Waals surface area contributed by atoms with Gasteiger partial charge in [-0.2, -0.15) is 17.0 Å². The van der Waals surface area contributed by atoms with Gasteiger partial charge >= 0.3 is 5.97 Å². The van der Waals surface area contributed by atoms with Gasteiger partial charge in [0.25, 0.3) is 10.2 Å². The Morgan fingerprint density at radius 1 is 1.43 bits per heavy atom. The molecule has 1 aliphatic heterocycles. The lowest BCUT2D eigenvalue weighted by molar-refractivity contribution is -0.140. The SMILES string of the molecule is CNC(=O)C1CCCN(S(=O)(=O)N(C)CCC(=O)OC)C1. The second-order valence-electron chi connectivity index (χ2n) is 4.97. The third-order valence-corrected chi connectivity index (χ3v) is 5.53. The fraction of sp³-hybridized carbons (Fsp3) is 0.833. The summed E-state index contributed by atoms with van der Waals surface area (Å²) < 4.78 is 31.7. The number of esters is 1. The maximum absolute atomic E-state index is 12.4. The average Bonchev–Trinajstić information content (AvgIpc) is 2.51. The number of hydrogen-bond acceptors (Lipinski definition) is 5. The minimum atomic E-state index is -3.66. The van der Waals surface area contributed by atoms with E-state index in [9.17, 15) is 18.0 Å². The molecule has 1 saturated heterocycles. The van der Waals surface area contributed by atoms with Crippen LogP contribution in [0.1, 0.15) is 19.3 Å². The number of nitrogens with zero attached hydrogens (tertiary/aromatic N) is 2. The molecular formula is C12H23N3O5S. The summed E-state index contributed by atoms with van der Waals surface area (Å²) in [5.41, 5.74) is 0. The molecule has 9 heteroatoms. The van der Waals surface area contributed by atoms with Gasteiger partial charge in [-0.05, 0) is 12.8 Å². The maximum atomic E-state index is 12.4. The van der Waals surface area contributed by atoms with Crippen molar-refractivity contribution >= 4 is 22.1 Å². The molecule has 1 atom stereocenters. The van der Waals surface area contributed by atoms with Crippen molar-refractivity contribution in [2.24, 2.45) is 5.92 Å². The normalized spacial score (nSPS) is 20.3. The van der Waals surface area contributed by atoms with Gasteiger partial charge in [-0.15, -0.1) is 0 Å². The Balaban J connectivity index is 2.68. The van der Waals surface area contributed by atoms with Gasteiger partial charge < -0.3 is 10.1 Å². The summed E-state index contributed by atoms with van der Waals surface area (Å²) in [6, 6.07) is 0. The Labute approximate surface area is 125 Å². The number of ether oxygens (including phenoxy) is 1. The summed E-state index contributed by atoms with van der Waals surface area (Å²) in [5.74, 6) is -0.932. The summed E-state index contributed by atoms with van der Waals surface area (Å²) >= 11 is 0. The van der Waals surface area contributed by atoms with Crippen molar-refractivity contribution in [1.29, 1.82) is 0 Å². The molecule has 21 heavy (non-hydrogen) atoms. The molecule has 1 amide bonds. The van der Waals surface area contributed by atoms with E-state index in [-0.39, 0.29) is 31.3 Å². The van der Waals surface area contributed by atoms with Crippen molar-refractivity contribution in [3.63, 3.8) is 0 Å². The number of methoxy groups -OCH3 is 1. The molecule has 0 bridgehead atoms. The summed E-state index contributed by atoms with van der Waals surface area (Å²) in [5, 5.41) is 2.55. The number of rotatable bonds is 6. The second-order valence-corrected chi connectivity index (χ2v) is 7.00. The number of carbonyl (C=O) groups excluding carboxylic acids is 2. The van der Waals surface area contributed by atoms with Crippen LogP contribution in [0.15, 0.2) is 0 Å². The molecule has 0 radical (unpaired) electrons. The summed E-state index contributed by atoms with van der Waals surface area (Å²) in [7, 11) is 0.556. The Morgan fingerprint density at radius 3 is 2.67 bits per heavy atom. The molecule has 8 nitrogen and oxygen atoms in total. The van der Waals surface area contributed by atoms with Crippen LogP contribution in [-0.4, -0.2) is 69.7 Å². The standard InChI is InChI=1S/C12H23N3O5S/c1-13-12(17)10-5-4-7-15(9-10)21(18,19)14(2)8-6-11(16)20-3/h10H,4-9H2,1-3H3,(H,13,17). The van der Waals surface area contributed by atoms with Gasteiger partial charge in [-0.1, -0.05) is 0 Å². The molecule has 1 N–H and O–H groups in total. The van der Waals surface area contributed by atoms with Crippen LogP contribution in [0.4, 0.5) is 0 Å². The first-order chi connectivity index (χ1) is 9.82. The van der Waals surface area contributed by atoms with E-state index in [4.69, 9.17) is 0 Å². The van der Waals surface area contributed by atoms with E-state index >= 15 is 0 Å². The fourth-order valence-electron chi connectivity index (χ4n) is 2.23. The van der Waals surface area contributed by atoms with Gasteiger partial charge in [0.15, 0.2) is 0 Å². The van der Waals surface area contributed by atoms with Crippen molar-refractivity contribution in [3.05, 3.63) is 0 Å². The highest BCUT2D eigenvalue weighted by Crippen LogP contribution is 2.20. The van der Waals surface area contributed by atoms with E-state index in [0.717, 1.165) is 4.31 Å². The van der Waals surface area contributed by atoms with Gasteiger partial charge in [-0.3, -0.25) is 9.59 Å². The van der Waals surface area contributed by atoms with Crippen LogP contribution in [0.25, 0.3) is 0 Å². The predicted octanol–water partition coefficient (Wildman–Crippen LogP) is -0.816. The first-order valence-corrected chi connectivity index (χ1v) is 8.22. The van der Waals surface area contributed by atoms with Crippen molar-refractivity contribution in [2.75, 3.05) is 40.8 Å². The molecule has 0 aromatic heterocycles. The van der Waals surface area contributed by atoms with Crippen LogP contribution in [-0.2, 0) is 24.5 Å². The maximum Gasteiger partial charge on any atom is 0.306 e. The number of nitrogens with one attached hydrogen (secondary N) is 1. The highest BCUT2D eigenvalue weighted by molar-refractivity contribution is 7.86. The van der Waals surface area contributed by atoms with Crippen molar-refractivity contribution in [2.45, 2.75) is 19.3 Å². The number of piperidine rings is 1. The molecule has 0 aromatic rings. The smallest absolute Gasteiger partial charge is 0.306 e. The van der Waals surface area contributed by atoms with Gasteiger partial charge in [0.2, 0.25) is 5.91 Å². The van der Waals surface area contributed by atoms with Crippen LogP contribution < -0.4 is 5.32 Å². The molecule has 0 aliphatic carbocycles. The molecule has 1 fully saturated rings. The Bertz CT molecular complexity index is 479. The van der Waals surface area contributed by atoms with Crippen molar-refractivity contribution in [3.8, 4) is 0 Å². The minimum Gasteiger partial charge on any atom is -0.469 e. The molecule has 0 spiro atoms. The topological polar surface area (TPSA) is 96.0 Å². The van der Waals surface area contributed by atoms with E-state index in [2.05, 4.69) is 10.1 Å². The van der Waals surface area contributed by atoms with E-state index in [1.807, 2.05) is 0 Å². The molecule has 1 unspecified atom stereocenters. The van der Waals surface area contributed by atoms with Crippen LogP contribution in [0.3, 0.4) is 0 Å². The zero-order valence-corrected chi connectivity index (χ0v) is 13.5. The predicted molar refractivity (Wildman–Crippen MR) is 76.5 cm³/mol. The monoisotopic (exact) mass is 321 g/mol. The van der Waals surface area contributed by atoms with E-state index in [1.165, 1.54) is 25.5 Å². The van der Waals surface area contributed by atoms with Gasteiger partial charge in [0.05, 0.1) is 19.4 Å². The van der Waals surface area contributed by atoms with Crippen molar-refractivity contribution in [1.82, 2.24) is 13.9 Å². The molecular weight excluding hydrogens is 298 g/mol. The Kier molecular flexibility index (Phi) is 6.56. The van der Waals surface area contributed by atoms with E-state index in [1.54, 1.807) is 0 Å². The molecule has 122 valence electrons. The highest BCUT2D eigenvalue weighted by Gasteiger charge is 2.34. The summed E-state index contributed by atoms with van der Waals surface area (Å²) in [4.78, 5) is 22.7. The lowest BCUT2D eigenvalue weighted by atomic mass is 9.99. The third-order valence-electron chi connectivity index (χ3n) is 3.58. The van der Waals surface area contributed by atoms with Gasteiger partial charge in [0.1, 0.15) is 0 Å². The first kappa shape index (κ1) is 17.9. The Morgan fingerprint density at radius 2 is 2.10 bits per heavy atom. The number of hydrogen-bond donors (Lipinski definition) is 1. The van der Waals surface area contributed by atoms with E-state index in [0.29, 0.717) is 19.4 Å². The van der Waals surface area contributed by atoms with E-state index < -0.39 is 16.2 Å². The molecule has 0 saturated carbocycles. The third kappa shape index (κ3) is 4.65. The Hall–Kier alpha value is -1.19. The lowest BCUT2D eigenvalue weighted by Gasteiger charge is -2.33. The summed E-state index contributed by atoms with van der Waals surface area (Å²) in [6.45, 7) is 0.610. The number of carbonyl (C=O) groups is 2. The summed E-state index contributed by atoms with van der Waals surface area (Å²) in [6.07, 6.45) is 1.32. The lowest BCUT2D eigenvalue weighted by Crippen LogP contribution is -2.49. The molecule has 1 rings (SSSR count). The zero-order valence-electron chi connectivity index (χ0n) is 12.7. The molecule has 0 aromatic carbocycles. The number of amides is 1. The van der Waals surface area contributed by atoms with Gasteiger partial charge in [-0.25, -0.2) is 0 Å². The highest BCUT2D eigenvalue weighted by atomic mass is 32.2. The van der Waals surface area contributed by atoms with Crippen molar-refractivity contribution < 1.29 is 22.7 Å². The quantitative estimate of drug-likeness (QED) is 0.645. The fourth-order valence-corrected chi connectivity index (χ4v) is 3.68. The minimum absolute atomic E-state index is 0.00105. The second kappa shape index (κ2) is 7.71. The van der Waals surface area contributed by atoms with Crippen LogP contribution in [0, 0.1) is 5.92 Å². The first-order valence-electron chi connectivity index (χ1n) is 6.82. The zero-order chi connectivity index (χ0) is 16.0. The molecule has 1 aliphatic rings. The van der Waals surface area contributed by atoms with Crippen LogP contribution in [0.5, 0.6) is 0 Å². The molecule has 1 heterocycles. The average molecular weight is 321 g/mol. The largest absolute Gasteiger partial charge is 0.469 e. The van der Waals surface area contributed by atoms with Crippen LogP contribution in [0.2, 0.25) is 0 Å². The van der Waals surface area contributed by atoms with Crippen LogP contribution >= 0.6 is 0 Å². The van der Waals surface area contributed by atoms with Gasteiger partial charge in [0, 0.05) is 33.7 Å².